The second kappa shape index (κ2) is 7.95. The van der Waals surface area contributed by atoms with Crippen LogP contribution in [0.5, 0.6) is 0 Å². The van der Waals surface area contributed by atoms with Crippen molar-refractivity contribution in [1.82, 2.24) is 19.5 Å². The summed E-state index contributed by atoms with van der Waals surface area (Å²) in [6, 6.07) is 6.57. The second-order valence-electron chi connectivity index (χ2n) is 8.58. The minimum absolute atomic E-state index is 0.00289. The number of hydrogen-bond donors (Lipinski definition) is 0. The normalized spacial score (nSPS) is 17.8. The fourth-order valence-corrected chi connectivity index (χ4v) is 4.01. The lowest BCUT2D eigenvalue weighted by atomic mass is 9.98. The number of alkyl halides is 3. The Kier molecular flexibility index (Phi) is 5.28. The summed E-state index contributed by atoms with van der Waals surface area (Å²) >= 11 is 5.97. The van der Waals surface area contributed by atoms with Crippen LogP contribution in [0.4, 0.5) is 23.8 Å². The molecular formula is C22H19ClF3N5O3. The Hall–Kier alpha value is -3.18. The molecule has 0 radical (unpaired) electrons. The van der Waals surface area contributed by atoms with Gasteiger partial charge in [-0.1, -0.05) is 24.3 Å². The molecule has 0 spiro atoms. The fourth-order valence-electron chi connectivity index (χ4n) is 3.88. The van der Waals surface area contributed by atoms with Gasteiger partial charge in [0.15, 0.2) is 11.5 Å². The van der Waals surface area contributed by atoms with E-state index in [0.717, 1.165) is 6.20 Å². The Morgan fingerprint density at radius 2 is 1.88 bits per heavy atom. The number of hydrogen-bond acceptors (Lipinski definition) is 6. The number of carbonyl (C=O) groups excluding carboxylic acids is 1. The summed E-state index contributed by atoms with van der Waals surface area (Å²) in [4.78, 5) is 26.1. The predicted molar refractivity (Wildman–Crippen MR) is 115 cm³/mol. The first kappa shape index (κ1) is 22.6. The van der Waals surface area contributed by atoms with Crippen molar-refractivity contribution in [2.45, 2.75) is 38.2 Å². The zero-order valence-corrected chi connectivity index (χ0v) is 18.9. The molecule has 0 N–H and O–H groups in total. The number of nitrogens with zero attached hydrogens (tertiary/aromatic N) is 5. The molecule has 3 aromatic rings. The quantitative estimate of drug-likeness (QED) is 0.477. The van der Waals surface area contributed by atoms with Gasteiger partial charge in [0.1, 0.15) is 11.4 Å². The SMILES string of the molecule is CC1(C)OC(=O)N(Cc2ccc(-c3nc(C(F)(F)F)cn3C3COC3)cc2)c2nc(Cl)ncc21. The largest absolute Gasteiger partial charge is 0.438 e. The van der Waals surface area contributed by atoms with Crippen LogP contribution in [-0.2, 0) is 27.8 Å². The maximum Gasteiger partial charge on any atom is 0.434 e. The fraction of sp³-hybridized carbons (Fsp3) is 0.364. The summed E-state index contributed by atoms with van der Waals surface area (Å²) in [6.07, 6.45) is -2.60. The highest BCUT2D eigenvalue weighted by Gasteiger charge is 2.40. The molecule has 2 aromatic heterocycles. The van der Waals surface area contributed by atoms with Crippen LogP contribution in [0.25, 0.3) is 11.4 Å². The number of cyclic esters (lactones) is 1. The second-order valence-corrected chi connectivity index (χ2v) is 8.92. The van der Waals surface area contributed by atoms with Crippen LogP contribution in [0.2, 0.25) is 5.28 Å². The van der Waals surface area contributed by atoms with Gasteiger partial charge in [-0.05, 0) is 31.0 Å². The highest BCUT2D eigenvalue weighted by Crippen LogP contribution is 2.38. The van der Waals surface area contributed by atoms with Gasteiger partial charge in [-0.25, -0.2) is 14.8 Å². The Labute approximate surface area is 197 Å². The number of amides is 1. The minimum atomic E-state index is -4.55. The lowest BCUT2D eigenvalue weighted by Crippen LogP contribution is -2.43. The van der Waals surface area contributed by atoms with Gasteiger partial charge in [-0.2, -0.15) is 18.2 Å². The maximum atomic E-state index is 13.3. The molecule has 0 aliphatic carbocycles. The predicted octanol–water partition coefficient (Wildman–Crippen LogP) is 4.98. The van der Waals surface area contributed by atoms with Gasteiger partial charge in [-0.15, -0.1) is 0 Å². The van der Waals surface area contributed by atoms with Crippen LogP contribution < -0.4 is 4.90 Å². The zero-order valence-electron chi connectivity index (χ0n) is 18.1. The van der Waals surface area contributed by atoms with E-state index >= 15 is 0 Å². The number of fused-ring (bicyclic) bond motifs is 1. The van der Waals surface area contributed by atoms with Crippen LogP contribution in [0.1, 0.15) is 36.7 Å². The molecule has 0 bridgehead atoms. The van der Waals surface area contributed by atoms with Gasteiger partial charge in [0.2, 0.25) is 5.28 Å². The molecule has 12 heteroatoms. The van der Waals surface area contributed by atoms with Crippen LogP contribution in [0, 0.1) is 0 Å². The van der Waals surface area contributed by atoms with E-state index in [-0.39, 0.29) is 23.7 Å². The smallest absolute Gasteiger partial charge is 0.434 e. The van der Waals surface area contributed by atoms with Crippen molar-refractivity contribution >= 4 is 23.5 Å². The molecule has 178 valence electrons. The van der Waals surface area contributed by atoms with E-state index in [9.17, 15) is 18.0 Å². The van der Waals surface area contributed by atoms with Crippen molar-refractivity contribution in [2.75, 3.05) is 18.1 Å². The molecule has 2 aliphatic rings. The number of halogens is 4. The van der Waals surface area contributed by atoms with E-state index in [1.165, 1.54) is 15.7 Å². The summed E-state index contributed by atoms with van der Waals surface area (Å²) < 4.78 is 52.0. The molecule has 1 amide bonds. The van der Waals surface area contributed by atoms with Crippen LogP contribution in [-0.4, -0.2) is 38.8 Å². The summed E-state index contributed by atoms with van der Waals surface area (Å²) in [5.74, 6) is 0.553. The third-order valence-corrected chi connectivity index (χ3v) is 5.98. The standard InChI is InChI=1S/C22H19ClF3N5O3/c1-21(2)15-7-27-19(23)29-18(15)31(20(32)34-21)8-12-3-5-13(6-4-12)17-28-16(22(24,25)26)9-30(17)14-10-33-11-14/h3-7,9,14H,8,10-11H2,1-2H3. The zero-order chi connectivity index (χ0) is 24.3. The molecule has 0 unspecified atom stereocenters. The van der Waals surface area contributed by atoms with E-state index in [1.54, 1.807) is 38.1 Å². The van der Waals surface area contributed by atoms with Crippen molar-refractivity contribution in [3.63, 3.8) is 0 Å². The first-order chi connectivity index (χ1) is 16.0. The first-order valence-corrected chi connectivity index (χ1v) is 10.8. The Morgan fingerprint density at radius 3 is 2.50 bits per heavy atom. The molecule has 1 aromatic carbocycles. The lowest BCUT2D eigenvalue weighted by Gasteiger charge is -2.37. The van der Waals surface area contributed by atoms with Crippen molar-refractivity contribution in [1.29, 1.82) is 0 Å². The van der Waals surface area contributed by atoms with Crippen LogP contribution >= 0.6 is 11.6 Å². The number of aromatic nitrogens is 4. The molecule has 5 rings (SSSR count). The van der Waals surface area contributed by atoms with Crippen molar-refractivity contribution < 1.29 is 27.4 Å². The van der Waals surface area contributed by atoms with Crippen LogP contribution in [0.3, 0.4) is 0 Å². The number of benzene rings is 1. The summed E-state index contributed by atoms with van der Waals surface area (Å²) in [5.41, 5.74) is -0.0417. The Bertz CT molecular complexity index is 1260. The molecule has 4 heterocycles. The maximum absolute atomic E-state index is 13.3. The number of anilines is 1. The first-order valence-electron chi connectivity index (χ1n) is 10.4. The van der Waals surface area contributed by atoms with E-state index in [2.05, 4.69) is 15.0 Å². The van der Waals surface area contributed by atoms with Crippen molar-refractivity contribution in [2.24, 2.45) is 0 Å². The third-order valence-electron chi connectivity index (χ3n) is 5.80. The number of rotatable bonds is 4. The molecular weight excluding hydrogens is 475 g/mol. The Balaban J connectivity index is 1.45. The minimum Gasteiger partial charge on any atom is -0.438 e. The number of carbonyl (C=O) groups is 1. The Morgan fingerprint density at radius 1 is 1.18 bits per heavy atom. The monoisotopic (exact) mass is 493 g/mol. The van der Waals surface area contributed by atoms with E-state index in [4.69, 9.17) is 21.1 Å². The van der Waals surface area contributed by atoms with Gasteiger partial charge in [0.25, 0.3) is 0 Å². The number of ether oxygens (including phenoxy) is 2. The van der Waals surface area contributed by atoms with E-state index in [1.807, 2.05) is 0 Å². The topological polar surface area (TPSA) is 82.4 Å². The third kappa shape index (κ3) is 3.98. The molecule has 2 aliphatic heterocycles. The average molecular weight is 494 g/mol. The molecule has 0 saturated carbocycles. The number of imidazole rings is 1. The van der Waals surface area contributed by atoms with Gasteiger partial charge < -0.3 is 14.0 Å². The average Bonchev–Trinajstić information content (AvgIpc) is 3.15. The van der Waals surface area contributed by atoms with Crippen molar-refractivity contribution in [3.8, 4) is 11.4 Å². The summed E-state index contributed by atoms with van der Waals surface area (Å²) in [7, 11) is 0. The molecule has 34 heavy (non-hydrogen) atoms. The van der Waals surface area contributed by atoms with E-state index in [0.29, 0.717) is 35.7 Å². The molecule has 1 saturated heterocycles. The molecule has 1 fully saturated rings. The van der Waals surface area contributed by atoms with Gasteiger partial charge in [-0.3, -0.25) is 4.90 Å². The molecule has 8 nitrogen and oxygen atoms in total. The van der Waals surface area contributed by atoms with Gasteiger partial charge in [0.05, 0.1) is 31.4 Å². The summed E-state index contributed by atoms with van der Waals surface area (Å²) in [6.45, 7) is 4.25. The lowest BCUT2D eigenvalue weighted by molar-refractivity contribution is -0.141. The van der Waals surface area contributed by atoms with Gasteiger partial charge in [0, 0.05) is 18.0 Å². The van der Waals surface area contributed by atoms with Gasteiger partial charge >= 0.3 is 12.3 Å². The van der Waals surface area contributed by atoms with Crippen LogP contribution in [0.15, 0.2) is 36.7 Å². The molecule has 0 atom stereocenters. The van der Waals surface area contributed by atoms with Crippen molar-refractivity contribution in [3.05, 3.63) is 58.8 Å². The highest BCUT2D eigenvalue weighted by atomic mass is 35.5. The highest BCUT2D eigenvalue weighted by molar-refractivity contribution is 6.28. The summed E-state index contributed by atoms with van der Waals surface area (Å²) in [5, 5.41) is -0.00289. The van der Waals surface area contributed by atoms with E-state index < -0.39 is 23.6 Å².